The zero-order valence-corrected chi connectivity index (χ0v) is 27.8. The molecule has 1 aliphatic heterocycles. The summed E-state index contributed by atoms with van der Waals surface area (Å²) in [6, 6.07) is 1.47. The van der Waals surface area contributed by atoms with Crippen molar-refractivity contribution in [3.63, 3.8) is 0 Å². The molecular formula is C29H48KNO9. The van der Waals surface area contributed by atoms with Gasteiger partial charge in [0.1, 0.15) is 11.6 Å². The van der Waals surface area contributed by atoms with Crippen LogP contribution in [0.5, 0.6) is 0 Å². The normalized spacial score (nSPS) is 27.4. The van der Waals surface area contributed by atoms with Gasteiger partial charge in [-0.15, -0.1) is 6.26 Å². The number of nitriles is 1. The quantitative estimate of drug-likeness (QED) is 0.109. The van der Waals surface area contributed by atoms with Gasteiger partial charge in [0.2, 0.25) is 0 Å². The van der Waals surface area contributed by atoms with Crippen molar-refractivity contribution >= 4 is 5.97 Å². The molecule has 0 bridgehead atoms. The zero-order valence-electron chi connectivity index (χ0n) is 24.7. The molecule has 0 N–H and O–H groups in total. The first kappa shape index (κ1) is 37.9. The number of hydrogen-bond donors (Lipinski definition) is 0. The Morgan fingerprint density at radius 2 is 1.18 bits per heavy atom. The largest absolute Gasteiger partial charge is 1.00 e. The molecule has 3 fully saturated rings. The number of unbranched alkanes of at least 4 members (excludes halogenated alkanes) is 2. The number of carbonyl (C=O) groups is 1. The van der Waals surface area contributed by atoms with Gasteiger partial charge < -0.3 is 38.3 Å². The van der Waals surface area contributed by atoms with Crippen LogP contribution in [-0.4, -0.2) is 89.8 Å². The number of hydrogen-bond acceptors (Lipinski definition) is 10. The average Bonchev–Trinajstić information content (AvgIpc) is 2.96. The second-order valence-electron chi connectivity index (χ2n) is 9.92. The van der Waals surface area contributed by atoms with Crippen LogP contribution in [0.2, 0.25) is 0 Å². The summed E-state index contributed by atoms with van der Waals surface area (Å²) in [6.45, 7) is 7.23. The summed E-state index contributed by atoms with van der Waals surface area (Å²) < 4.78 is 40.1. The van der Waals surface area contributed by atoms with Gasteiger partial charge in [-0.3, -0.25) is 0 Å². The molecule has 3 aliphatic rings. The van der Waals surface area contributed by atoms with Crippen LogP contribution in [0.25, 0.3) is 0 Å². The first-order valence-corrected chi connectivity index (χ1v) is 14.7. The molecule has 224 valence electrons. The zero-order chi connectivity index (χ0) is 28.0. The smallest absolute Gasteiger partial charge is 0.877 e. The Hall–Kier alpha value is -0.104. The Kier molecular flexibility index (Phi) is 24.1. The van der Waals surface area contributed by atoms with Crippen molar-refractivity contribution in [3.8, 4) is 6.07 Å². The van der Waals surface area contributed by atoms with Crippen molar-refractivity contribution in [2.24, 2.45) is 0 Å². The standard InChI is InChI=1S/C20H36O6.C9H13NO3.K/c1-2-6-18-17(5-1)23-13-9-21-11-15-25-19-7-3-4-8-20(19)26-16-12-22-10-14-24-18;1-2-3-4-5-13-9(12)8(6-10)7-11;/h17-20H,1-16H2;7,11H,2-5H2,1H3;/q;;+1/p-1/b;8-7-;. The fraction of sp³-hybridized carbons (Fsp3) is 0.862. The molecule has 40 heavy (non-hydrogen) atoms. The molecule has 1 saturated heterocycles. The number of fused-ring (bicyclic) bond motifs is 2. The van der Waals surface area contributed by atoms with E-state index in [2.05, 4.69) is 4.74 Å². The van der Waals surface area contributed by atoms with Crippen LogP contribution >= 0.6 is 0 Å². The second kappa shape index (κ2) is 25.4. The third-order valence-corrected chi connectivity index (χ3v) is 6.96. The summed E-state index contributed by atoms with van der Waals surface area (Å²) in [5.74, 6) is -0.825. The summed E-state index contributed by atoms with van der Waals surface area (Å²) in [5, 5.41) is 18.4. The predicted octanol–water partition coefficient (Wildman–Crippen LogP) is 0.214. The fourth-order valence-corrected chi connectivity index (χ4v) is 4.84. The Morgan fingerprint density at radius 1 is 0.775 bits per heavy atom. The molecule has 0 amide bonds. The van der Waals surface area contributed by atoms with E-state index in [0.29, 0.717) is 52.9 Å². The first-order valence-electron chi connectivity index (χ1n) is 14.7. The molecule has 0 spiro atoms. The molecule has 11 heteroatoms. The van der Waals surface area contributed by atoms with Crippen molar-refractivity contribution in [2.45, 2.75) is 102 Å². The molecule has 0 aromatic carbocycles. The van der Waals surface area contributed by atoms with E-state index in [0.717, 1.165) is 44.9 Å². The van der Waals surface area contributed by atoms with Gasteiger partial charge in [0, 0.05) is 0 Å². The van der Waals surface area contributed by atoms with Gasteiger partial charge in [-0.1, -0.05) is 45.4 Å². The van der Waals surface area contributed by atoms with Crippen molar-refractivity contribution < 1.29 is 94.4 Å². The van der Waals surface area contributed by atoms with E-state index in [1.54, 1.807) is 0 Å². The Bertz CT molecular complexity index is 652. The number of ether oxygens (including phenoxy) is 7. The maximum absolute atomic E-state index is 10.9. The van der Waals surface area contributed by atoms with Crippen molar-refractivity contribution in [2.75, 3.05) is 59.5 Å². The fourth-order valence-electron chi connectivity index (χ4n) is 4.84. The molecule has 0 radical (unpaired) electrons. The van der Waals surface area contributed by atoms with Crippen LogP contribution in [0.1, 0.15) is 77.6 Å². The second-order valence-corrected chi connectivity index (χ2v) is 9.92. The maximum Gasteiger partial charge on any atom is 1.00 e. The van der Waals surface area contributed by atoms with Crippen LogP contribution in [-0.2, 0) is 38.0 Å². The van der Waals surface area contributed by atoms with Crippen LogP contribution < -0.4 is 56.5 Å². The molecule has 10 nitrogen and oxygen atoms in total. The van der Waals surface area contributed by atoms with E-state index in [4.69, 9.17) is 33.7 Å². The topological polar surface area (TPSA) is 129 Å². The summed E-state index contributed by atoms with van der Waals surface area (Å²) in [5.41, 5.74) is -0.475. The molecule has 2 aliphatic carbocycles. The SMILES string of the molecule is C1CCC2OCCOCCOC3CCCCC3OCCOCCOC2C1.CCCCCOC(=O)/C(C#N)=C\[O-].[K+]. The van der Waals surface area contributed by atoms with E-state index in [1.165, 1.54) is 31.8 Å². The minimum absolute atomic E-state index is 0. The van der Waals surface area contributed by atoms with Gasteiger partial charge in [-0.2, -0.15) is 5.26 Å². The first-order chi connectivity index (χ1) is 19.2. The third-order valence-electron chi connectivity index (χ3n) is 6.96. The van der Waals surface area contributed by atoms with Crippen LogP contribution in [0.15, 0.2) is 11.8 Å². The molecule has 4 atom stereocenters. The van der Waals surface area contributed by atoms with Gasteiger partial charge in [0.25, 0.3) is 0 Å². The minimum Gasteiger partial charge on any atom is -0.877 e. The number of esters is 1. The van der Waals surface area contributed by atoms with Gasteiger partial charge in [0.05, 0.1) is 83.9 Å². The average molecular weight is 594 g/mol. The monoisotopic (exact) mass is 593 g/mol. The molecule has 0 aromatic heterocycles. The van der Waals surface area contributed by atoms with E-state index < -0.39 is 11.5 Å². The van der Waals surface area contributed by atoms with Gasteiger partial charge >= 0.3 is 57.4 Å². The number of rotatable bonds is 5. The van der Waals surface area contributed by atoms with E-state index >= 15 is 0 Å². The summed E-state index contributed by atoms with van der Waals surface area (Å²) in [4.78, 5) is 10.9. The van der Waals surface area contributed by atoms with Crippen molar-refractivity contribution in [1.82, 2.24) is 0 Å². The summed E-state index contributed by atoms with van der Waals surface area (Å²) in [6.07, 6.45) is 12.9. The minimum atomic E-state index is -0.825. The Balaban J connectivity index is 0.000000489. The van der Waals surface area contributed by atoms with E-state index in [-0.39, 0.29) is 88.7 Å². The van der Waals surface area contributed by atoms with Gasteiger partial charge in [-0.05, 0) is 32.1 Å². The van der Waals surface area contributed by atoms with Crippen molar-refractivity contribution in [3.05, 3.63) is 11.8 Å². The van der Waals surface area contributed by atoms with Crippen LogP contribution in [0.4, 0.5) is 0 Å². The van der Waals surface area contributed by atoms with Gasteiger partial charge in [-0.25, -0.2) is 4.79 Å². The third kappa shape index (κ3) is 16.5. The molecule has 0 aromatic rings. The molecular weight excluding hydrogens is 545 g/mol. The molecule has 4 unspecified atom stereocenters. The van der Waals surface area contributed by atoms with E-state index in [9.17, 15) is 9.90 Å². The predicted molar refractivity (Wildman–Crippen MR) is 142 cm³/mol. The Morgan fingerprint density at radius 3 is 1.50 bits per heavy atom. The Labute approximate surface area is 282 Å². The molecule has 1 heterocycles. The number of nitrogens with zero attached hydrogens (tertiary/aromatic N) is 1. The van der Waals surface area contributed by atoms with Crippen LogP contribution in [0.3, 0.4) is 0 Å². The number of carbonyl (C=O) groups excluding carboxylic acids is 1. The maximum atomic E-state index is 10.9. The van der Waals surface area contributed by atoms with Crippen LogP contribution in [0, 0.1) is 11.3 Å². The summed E-state index contributed by atoms with van der Waals surface area (Å²) >= 11 is 0. The van der Waals surface area contributed by atoms with Gasteiger partial charge in [0.15, 0.2) is 0 Å². The molecule has 3 rings (SSSR count). The van der Waals surface area contributed by atoms with Crippen molar-refractivity contribution in [1.29, 1.82) is 5.26 Å². The molecule has 2 saturated carbocycles. The summed E-state index contributed by atoms with van der Waals surface area (Å²) in [7, 11) is 0. The van der Waals surface area contributed by atoms with E-state index in [1.807, 2.05) is 6.92 Å².